The van der Waals surface area contributed by atoms with Gasteiger partial charge in [-0.15, -0.1) is 0 Å². The summed E-state index contributed by atoms with van der Waals surface area (Å²) in [5.41, 5.74) is 0. The van der Waals surface area contributed by atoms with Gasteiger partial charge >= 0.3 is 0 Å². The number of amides is 1. The molecule has 0 radical (unpaired) electrons. The van der Waals surface area contributed by atoms with Gasteiger partial charge in [0.2, 0.25) is 5.91 Å². The number of carbonyl (C=O) groups excluding carboxylic acids is 1. The lowest BCUT2D eigenvalue weighted by Gasteiger charge is -2.40. The average molecular weight is 276 g/mol. The number of hydrogen-bond acceptors (Lipinski definition) is 2. The number of carbonyl (C=O) groups is 1. The van der Waals surface area contributed by atoms with Gasteiger partial charge in [-0.05, 0) is 82.8 Å². The fourth-order valence-electron chi connectivity index (χ4n) is 5.54. The van der Waals surface area contributed by atoms with Crippen LogP contribution in [-0.4, -0.2) is 48.4 Å². The summed E-state index contributed by atoms with van der Waals surface area (Å²) in [5, 5.41) is 0. The van der Waals surface area contributed by atoms with Crippen molar-refractivity contribution in [1.82, 2.24) is 9.80 Å². The highest BCUT2D eigenvalue weighted by molar-refractivity contribution is 5.79. The van der Waals surface area contributed by atoms with Gasteiger partial charge in [0.1, 0.15) is 0 Å². The first-order valence-electron chi connectivity index (χ1n) is 8.68. The third-order valence-corrected chi connectivity index (χ3v) is 6.46. The third kappa shape index (κ3) is 2.28. The Morgan fingerprint density at radius 1 is 0.900 bits per heavy atom. The maximum absolute atomic E-state index is 13.0. The smallest absolute Gasteiger partial charge is 0.226 e. The van der Waals surface area contributed by atoms with Gasteiger partial charge in [-0.2, -0.15) is 0 Å². The lowest BCUT2D eigenvalue weighted by Crippen LogP contribution is -2.47. The number of nitrogens with zero attached hydrogens (tertiary/aromatic N) is 2. The quantitative estimate of drug-likeness (QED) is 0.734. The molecule has 2 saturated carbocycles. The molecule has 3 aliphatic heterocycles. The van der Waals surface area contributed by atoms with Crippen molar-refractivity contribution >= 4 is 5.91 Å². The second-order valence-corrected chi connectivity index (χ2v) is 8.00. The summed E-state index contributed by atoms with van der Waals surface area (Å²) >= 11 is 0. The van der Waals surface area contributed by atoms with Crippen LogP contribution in [0.2, 0.25) is 0 Å². The molecule has 0 spiro atoms. The molecule has 4 bridgehead atoms. The molecule has 1 amide bonds. The lowest BCUT2D eigenvalue weighted by molar-refractivity contribution is -0.140. The van der Waals surface area contributed by atoms with Crippen molar-refractivity contribution in [3.05, 3.63) is 0 Å². The van der Waals surface area contributed by atoms with Crippen LogP contribution >= 0.6 is 0 Å². The number of fused-ring (bicyclic) bond motifs is 1. The minimum absolute atomic E-state index is 0.321. The summed E-state index contributed by atoms with van der Waals surface area (Å²) < 4.78 is 0. The van der Waals surface area contributed by atoms with Crippen LogP contribution in [0.4, 0.5) is 0 Å². The van der Waals surface area contributed by atoms with Crippen molar-refractivity contribution in [3.63, 3.8) is 0 Å². The van der Waals surface area contributed by atoms with Crippen molar-refractivity contribution in [1.29, 1.82) is 0 Å². The highest BCUT2D eigenvalue weighted by Gasteiger charge is 2.45. The van der Waals surface area contributed by atoms with E-state index in [2.05, 4.69) is 16.8 Å². The van der Waals surface area contributed by atoms with Crippen LogP contribution in [0.3, 0.4) is 0 Å². The normalized spacial score (nSPS) is 42.0. The van der Waals surface area contributed by atoms with E-state index >= 15 is 0 Å². The Bertz CT molecular complexity index is 374. The number of rotatable bonds is 1. The van der Waals surface area contributed by atoms with Crippen LogP contribution in [0, 0.1) is 23.7 Å². The SMILES string of the molecule is CN1CCC(C(=O)N2CC3CC4CC(C3)CC2C4)CC1. The third-order valence-electron chi connectivity index (χ3n) is 6.46. The van der Waals surface area contributed by atoms with Crippen LogP contribution in [-0.2, 0) is 4.79 Å². The maximum atomic E-state index is 13.0. The Hall–Kier alpha value is -0.570. The highest BCUT2D eigenvalue weighted by atomic mass is 16.2. The van der Waals surface area contributed by atoms with Crippen LogP contribution in [0.25, 0.3) is 0 Å². The summed E-state index contributed by atoms with van der Waals surface area (Å²) in [5.74, 6) is 3.53. The molecule has 5 fully saturated rings. The maximum Gasteiger partial charge on any atom is 0.226 e. The van der Waals surface area contributed by atoms with E-state index in [1.54, 1.807) is 0 Å². The van der Waals surface area contributed by atoms with Crippen molar-refractivity contribution in [2.45, 2.75) is 51.0 Å². The molecule has 3 heteroatoms. The largest absolute Gasteiger partial charge is 0.339 e. The predicted molar refractivity (Wildman–Crippen MR) is 79.3 cm³/mol. The molecule has 2 unspecified atom stereocenters. The van der Waals surface area contributed by atoms with Crippen molar-refractivity contribution in [2.24, 2.45) is 23.7 Å². The van der Waals surface area contributed by atoms with Gasteiger partial charge in [0, 0.05) is 18.5 Å². The van der Waals surface area contributed by atoms with E-state index < -0.39 is 0 Å². The molecule has 3 nitrogen and oxygen atoms in total. The summed E-state index contributed by atoms with van der Waals surface area (Å²) in [6.07, 6.45) is 9.06. The monoisotopic (exact) mass is 276 g/mol. The lowest BCUT2D eigenvalue weighted by atomic mass is 9.68. The first-order chi connectivity index (χ1) is 9.69. The summed E-state index contributed by atoms with van der Waals surface area (Å²) in [6.45, 7) is 3.29. The number of likely N-dealkylation sites (tertiary alicyclic amines) is 1. The zero-order valence-electron chi connectivity index (χ0n) is 12.8. The molecular weight excluding hydrogens is 248 g/mol. The first-order valence-corrected chi connectivity index (χ1v) is 8.68. The van der Waals surface area contributed by atoms with Crippen LogP contribution in [0.15, 0.2) is 0 Å². The molecule has 3 saturated heterocycles. The number of hydrogen-bond donors (Lipinski definition) is 0. The van der Waals surface area contributed by atoms with E-state index in [-0.39, 0.29) is 0 Å². The van der Waals surface area contributed by atoms with E-state index in [0.29, 0.717) is 17.9 Å². The van der Waals surface area contributed by atoms with Crippen LogP contribution in [0.5, 0.6) is 0 Å². The molecule has 112 valence electrons. The van der Waals surface area contributed by atoms with Gasteiger partial charge in [0.25, 0.3) is 0 Å². The van der Waals surface area contributed by atoms with E-state index in [1.165, 1.54) is 32.1 Å². The van der Waals surface area contributed by atoms with E-state index in [9.17, 15) is 4.79 Å². The molecule has 2 aliphatic carbocycles. The fraction of sp³-hybridized carbons (Fsp3) is 0.941. The Morgan fingerprint density at radius 3 is 2.15 bits per heavy atom. The number of piperidine rings is 1. The Balaban J connectivity index is 1.49. The fourth-order valence-corrected chi connectivity index (χ4v) is 5.54. The summed E-state index contributed by atoms with van der Waals surface area (Å²) in [6, 6.07) is 0.596. The molecule has 20 heavy (non-hydrogen) atoms. The second-order valence-electron chi connectivity index (χ2n) is 8.00. The summed E-state index contributed by atoms with van der Waals surface area (Å²) in [7, 11) is 2.17. The van der Waals surface area contributed by atoms with Gasteiger partial charge in [-0.25, -0.2) is 0 Å². The highest BCUT2D eigenvalue weighted by Crippen LogP contribution is 2.47. The molecule has 0 N–H and O–H groups in total. The molecule has 0 aromatic carbocycles. The van der Waals surface area contributed by atoms with Gasteiger partial charge in [0.15, 0.2) is 0 Å². The molecule has 0 aromatic rings. The first kappa shape index (κ1) is 13.1. The van der Waals surface area contributed by atoms with E-state index in [4.69, 9.17) is 0 Å². The molecular formula is C17H28N2O. The Labute approximate surface area is 122 Å². The summed E-state index contributed by atoms with van der Waals surface area (Å²) in [4.78, 5) is 17.7. The second kappa shape index (κ2) is 5.01. The van der Waals surface area contributed by atoms with E-state index in [1.807, 2.05) is 0 Å². The van der Waals surface area contributed by atoms with Crippen molar-refractivity contribution in [3.8, 4) is 0 Å². The average Bonchev–Trinajstić information content (AvgIpc) is 2.63. The van der Waals surface area contributed by atoms with Gasteiger partial charge in [0.05, 0.1) is 0 Å². The van der Waals surface area contributed by atoms with Crippen molar-refractivity contribution in [2.75, 3.05) is 26.7 Å². The predicted octanol–water partition coefficient (Wildman–Crippen LogP) is 2.37. The van der Waals surface area contributed by atoms with Crippen LogP contribution in [0.1, 0.15) is 44.9 Å². The van der Waals surface area contributed by atoms with Crippen LogP contribution < -0.4 is 0 Å². The molecule has 5 aliphatic rings. The van der Waals surface area contributed by atoms with Crippen molar-refractivity contribution < 1.29 is 4.79 Å². The van der Waals surface area contributed by atoms with Gasteiger partial charge in [-0.1, -0.05) is 0 Å². The molecule has 2 atom stereocenters. The Morgan fingerprint density at radius 2 is 1.50 bits per heavy atom. The molecule has 5 rings (SSSR count). The zero-order valence-corrected chi connectivity index (χ0v) is 12.8. The molecule has 3 heterocycles. The Kier molecular flexibility index (Phi) is 3.29. The van der Waals surface area contributed by atoms with Gasteiger partial charge < -0.3 is 9.80 Å². The topological polar surface area (TPSA) is 23.6 Å². The minimum atomic E-state index is 0.321. The minimum Gasteiger partial charge on any atom is -0.339 e. The van der Waals surface area contributed by atoms with Gasteiger partial charge in [-0.3, -0.25) is 4.79 Å². The van der Waals surface area contributed by atoms with E-state index in [0.717, 1.165) is 50.2 Å². The molecule has 0 aromatic heterocycles. The zero-order chi connectivity index (χ0) is 13.7. The standard InChI is InChI=1S/C17H28N2O/c1-18-4-2-15(3-5-18)17(20)19-11-14-7-12-6-13(8-14)10-16(19)9-12/h12-16H,2-11H2,1H3.